The third-order valence-corrected chi connectivity index (χ3v) is 7.46. The topological polar surface area (TPSA) is 73.9 Å². The molecule has 8 heteroatoms. The van der Waals surface area contributed by atoms with Crippen LogP contribution < -0.4 is 16.1 Å². The normalized spacial score (nSPS) is 23.3. The number of carbonyl (C=O) groups is 2. The van der Waals surface area contributed by atoms with Gasteiger partial charge in [0.25, 0.3) is 0 Å². The van der Waals surface area contributed by atoms with Crippen molar-refractivity contribution in [3.8, 4) is 0 Å². The summed E-state index contributed by atoms with van der Waals surface area (Å²) in [6, 6.07) is 12.3. The van der Waals surface area contributed by atoms with Gasteiger partial charge in [-0.2, -0.15) is 0 Å². The number of likely N-dealkylation sites (tertiary alicyclic amines) is 1. The van der Waals surface area contributed by atoms with E-state index in [2.05, 4.69) is 34.7 Å². The Morgan fingerprint density at radius 1 is 1.09 bits per heavy atom. The zero-order valence-electron chi connectivity index (χ0n) is 19.8. The summed E-state index contributed by atoms with van der Waals surface area (Å²) in [5.74, 6) is -0.192. The average molecular weight is 458 g/mol. The Hall–Kier alpha value is -2.84. The van der Waals surface area contributed by atoms with Gasteiger partial charge in [0.1, 0.15) is 13.9 Å². The maximum absolute atomic E-state index is 13.3. The van der Waals surface area contributed by atoms with E-state index in [4.69, 9.17) is 12.6 Å². The molecule has 2 radical (unpaired) electrons. The number of nitrogens with zero attached hydrogens (tertiary/aromatic N) is 2. The first-order valence-corrected chi connectivity index (χ1v) is 12.0. The highest BCUT2D eigenvalue weighted by molar-refractivity contribution is 6.32. The molecule has 2 atom stereocenters. The molecule has 2 aliphatic heterocycles. The van der Waals surface area contributed by atoms with E-state index in [1.165, 1.54) is 24.0 Å². The Morgan fingerprint density at radius 3 is 2.53 bits per heavy atom. The van der Waals surface area contributed by atoms with E-state index in [1.807, 2.05) is 6.07 Å². The number of nitrogens with one attached hydrogen (secondary N) is 2. The van der Waals surface area contributed by atoms with Crippen molar-refractivity contribution in [1.29, 1.82) is 0 Å². The van der Waals surface area contributed by atoms with Gasteiger partial charge < -0.3 is 25.2 Å². The summed E-state index contributed by atoms with van der Waals surface area (Å²) in [5.41, 5.74) is 5.01. The number of ether oxygens (including phenoxy) is 1. The summed E-state index contributed by atoms with van der Waals surface area (Å²) in [6.45, 7) is 2.47. The lowest BCUT2D eigenvalue weighted by Crippen LogP contribution is -2.45. The molecule has 34 heavy (non-hydrogen) atoms. The Kier molecular flexibility index (Phi) is 6.12. The number of likely N-dealkylation sites (N-methyl/N-ethyl adjacent to an activating group) is 1. The van der Waals surface area contributed by atoms with Crippen molar-refractivity contribution in [2.75, 3.05) is 44.4 Å². The molecule has 7 nitrogen and oxygen atoms in total. The van der Waals surface area contributed by atoms with E-state index in [9.17, 15) is 9.59 Å². The summed E-state index contributed by atoms with van der Waals surface area (Å²) in [5, 5.41) is 5.95. The summed E-state index contributed by atoms with van der Waals surface area (Å²) in [6.07, 6.45) is 3.68. The number of amides is 3. The van der Waals surface area contributed by atoms with Gasteiger partial charge in [-0.25, -0.2) is 4.79 Å². The molecule has 2 fully saturated rings. The zero-order valence-corrected chi connectivity index (χ0v) is 19.8. The van der Waals surface area contributed by atoms with Crippen molar-refractivity contribution < 1.29 is 14.3 Å². The van der Waals surface area contributed by atoms with Crippen LogP contribution in [0.3, 0.4) is 0 Å². The molecule has 0 bridgehead atoms. The predicted octanol–water partition coefficient (Wildman–Crippen LogP) is 2.26. The van der Waals surface area contributed by atoms with E-state index >= 15 is 0 Å². The minimum atomic E-state index is -0.612. The highest BCUT2D eigenvalue weighted by atomic mass is 16.5. The first-order chi connectivity index (χ1) is 16.4. The van der Waals surface area contributed by atoms with E-state index in [-0.39, 0.29) is 23.5 Å². The van der Waals surface area contributed by atoms with Crippen LogP contribution in [0.15, 0.2) is 42.5 Å². The summed E-state index contributed by atoms with van der Waals surface area (Å²) < 4.78 is 5.50. The van der Waals surface area contributed by atoms with Crippen molar-refractivity contribution >= 4 is 36.6 Å². The van der Waals surface area contributed by atoms with E-state index in [0.29, 0.717) is 24.1 Å². The van der Waals surface area contributed by atoms with Crippen LogP contribution in [0.5, 0.6) is 0 Å². The lowest BCUT2D eigenvalue weighted by atomic mass is 9.90. The quantitative estimate of drug-likeness (QED) is 0.690. The number of anilines is 2. The van der Waals surface area contributed by atoms with Crippen molar-refractivity contribution in [3.63, 3.8) is 0 Å². The highest BCUT2D eigenvalue weighted by Gasteiger charge is 2.47. The third-order valence-electron chi connectivity index (χ3n) is 7.46. The van der Waals surface area contributed by atoms with Crippen molar-refractivity contribution in [3.05, 3.63) is 53.6 Å². The molecule has 1 spiro atoms. The Labute approximate surface area is 202 Å². The second-order valence-electron chi connectivity index (χ2n) is 9.94. The molecule has 0 aromatic heterocycles. The standard InChI is InChI=1S/C26H31BN4O3/c1-30-12-9-17-3-6-20(13-22(17)26(16-30)10-11-26)28-24(32)23-14-21(34-2)15-31(23)25(33)29-19-7-4-18(27)5-8-19/h3-8,13,21,23H,9-12,14-16H2,1-2H3,(H,28,32)(H,29,33). The van der Waals surface area contributed by atoms with Crippen LogP contribution in [0.1, 0.15) is 30.4 Å². The molecule has 2 N–H and O–H groups in total. The van der Waals surface area contributed by atoms with Gasteiger partial charge in [-0.3, -0.25) is 4.79 Å². The Bertz CT molecular complexity index is 1090. The number of rotatable bonds is 4. The van der Waals surface area contributed by atoms with Gasteiger partial charge in [0.15, 0.2) is 0 Å². The number of fused-ring (bicyclic) bond motifs is 2. The second-order valence-corrected chi connectivity index (χ2v) is 9.94. The smallest absolute Gasteiger partial charge is 0.322 e. The number of carbonyl (C=O) groups excluding carboxylic acids is 2. The van der Waals surface area contributed by atoms with Gasteiger partial charge >= 0.3 is 6.03 Å². The molecule has 5 rings (SSSR count). The lowest BCUT2D eigenvalue weighted by Gasteiger charge is -2.25. The summed E-state index contributed by atoms with van der Waals surface area (Å²) >= 11 is 0. The van der Waals surface area contributed by atoms with Crippen LogP contribution in [0, 0.1) is 0 Å². The number of hydrogen-bond donors (Lipinski definition) is 2. The van der Waals surface area contributed by atoms with Crippen molar-refractivity contribution in [2.24, 2.45) is 0 Å². The fraction of sp³-hybridized carbons (Fsp3) is 0.462. The maximum atomic E-state index is 13.3. The molecule has 2 aromatic carbocycles. The van der Waals surface area contributed by atoms with E-state index < -0.39 is 6.04 Å². The summed E-state index contributed by atoms with van der Waals surface area (Å²) in [4.78, 5) is 30.3. The SMILES string of the molecule is [B]c1ccc(NC(=O)N2CC(OC)CC2C(=O)Nc2ccc3c(c2)C2(CC2)CN(C)CC3)cc1. The van der Waals surface area contributed by atoms with Crippen LogP contribution in [0.25, 0.3) is 0 Å². The minimum Gasteiger partial charge on any atom is -0.380 e. The van der Waals surface area contributed by atoms with Crippen LogP contribution in [-0.2, 0) is 21.4 Å². The lowest BCUT2D eigenvalue weighted by molar-refractivity contribution is -0.119. The molecule has 3 aliphatic rings. The van der Waals surface area contributed by atoms with Crippen LogP contribution in [-0.4, -0.2) is 75.5 Å². The van der Waals surface area contributed by atoms with Gasteiger partial charge in [0, 0.05) is 50.0 Å². The first-order valence-electron chi connectivity index (χ1n) is 12.0. The molecule has 3 amide bonds. The number of urea groups is 1. The molecule has 176 valence electrons. The predicted molar refractivity (Wildman–Crippen MR) is 134 cm³/mol. The molecule has 1 saturated carbocycles. The van der Waals surface area contributed by atoms with Crippen LogP contribution >= 0.6 is 0 Å². The largest absolute Gasteiger partial charge is 0.380 e. The van der Waals surface area contributed by atoms with Crippen molar-refractivity contribution in [2.45, 2.75) is 43.2 Å². The molecule has 2 aromatic rings. The third kappa shape index (κ3) is 4.57. The Morgan fingerprint density at radius 2 is 1.82 bits per heavy atom. The number of hydrogen-bond acceptors (Lipinski definition) is 4. The van der Waals surface area contributed by atoms with E-state index in [1.54, 1.807) is 36.3 Å². The van der Waals surface area contributed by atoms with Gasteiger partial charge in [0.05, 0.1) is 6.10 Å². The van der Waals surface area contributed by atoms with Gasteiger partial charge in [-0.1, -0.05) is 23.7 Å². The monoisotopic (exact) mass is 458 g/mol. The first kappa shape index (κ1) is 22.9. The number of benzene rings is 2. The molecule has 2 unspecified atom stereocenters. The average Bonchev–Trinajstić information content (AvgIpc) is 3.49. The van der Waals surface area contributed by atoms with Gasteiger partial charge in [-0.15, -0.1) is 0 Å². The van der Waals surface area contributed by atoms with Gasteiger partial charge in [0.2, 0.25) is 5.91 Å². The Balaban J connectivity index is 1.32. The van der Waals surface area contributed by atoms with Crippen LogP contribution in [0.2, 0.25) is 0 Å². The van der Waals surface area contributed by atoms with Crippen LogP contribution in [0.4, 0.5) is 16.2 Å². The zero-order chi connectivity index (χ0) is 23.9. The number of methoxy groups -OCH3 is 1. The summed E-state index contributed by atoms with van der Waals surface area (Å²) in [7, 11) is 9.53. The molecular formula is C26H31BN4O3. The minimum absolute atomic E-state index is 0.190. The second kappa shape index (κ2) is 9.08. The van der Waals surface area contributed by atoms with Crippen molar-refractivity contribution in [1.82, 2.24) is 9.80 Å². The highest BCUT2D eigenvalue weighted by Crippen LogP contribution is 2.51. The van der Waals surface area contributed by atoms with E-state index in [0.717, 1.165) is 25.2 Å². The maximum Gasteiger partial charge on any atom is 0.322 e. The fourth-order valence-corrected chi connectivity index (χ4v) is 5.36. The molecular weight excluding hydrogens is 427 g/mol. The molecule has 2 heterocycles. The molecule has 1 aliphatic carbocycles. The fourth-order valence-electron chi connectivity index (χ4n) is 5.36. The van der Waals surface area contributed by atoms with Gasteiger partial charge in [-0.05, 0) is 61.7 Å². The molecule has 1 saturated heterocycles.